The van der Waals surface area contributed by atoms with Crippen LogP contribution in [0.25, 0.3) is 10.8 Å². The van der Waals surface area contributed by atoms with Crippen molar-refractivity contribution in [3.63, 3.8) is 0 Å². The molecule has 6 rings (SSSR count). The van der Waals surface area contributed by atoms with Gasteiger partial charge in [0.15, 0.2) is 0 Å². The molecule has 1 aromatic heterocycles. The highest BCUT2D eigenvalue weighted by molar-refractivity contribution is 7.91. The van der Waals surface area contributed by atoms with Gasteiger partial charge in [0.2, 0.25) is 27.7 Å². The van der Waals surface area contributed by atoms with Gasteiger partial charge in [-0.15, -0.1) is 0 Å². The van der Waals surface area contributed by atoms with E-state index in [9.17, 15) is 32.7 Å². The molecule has 51 heavy (non-hydrogen) atoms. The van der Waals surface area contributed by atoms with Crippen LogP contribution in [-0.2, 0) is 24.4 Å². The van der Waals surface area contributed by atoms with Gasteiger partial charge in [0.25, 0.3) is 5.91 Å². The Morgan fingerprint density at radius 1 is 1.12 bits per heavy atom. The zero-order valence-electron chi connectivity index (χ0n) is 29.3. The maximum Gasteiger partial charge on any atom is 0.405 e. The van der Waals surface area contributed by atoms with E-state index >= 15 is 0 Å². The molecule has 14 nitrogen and oxygen atoms in total. The predicted octanol–water partition coefficient (Wildman–Crippen LogP) is 3.50. The van der Waals surface area contributed by atoms with E-state index in [0.29, 0.717) is 42.7 Å². The molecule has 2 aromatic rings. The summed E-state index contributed by atoms with van der Waals surface area (Å²) in [4.78, 5) is 60.0. The second-order valence-electron chi connectivity index (χ2n) is 14.8. The van der Waals surface area contributed by atoms with Gasteiger partial charge in [-0.3, -0.25) is 19.1 Å². The zero-order chi connectivity index (χ0) is 36.7. The van der Waals surface area contributed by atoms with Crippen molar-refractivity contribution < 1.29 is 42.2 Å². The number of carboxylic acid groups (broad SMARTS) is 1. The first-order valence-corrected chi connectivity index (χ1v) is 19.3. The van der Waals surface area contributed by atoms with Gasteiger partial charge in [0.1, 0.15) is 29.5 Å². The van der Waals surface area contributed by atoms with Crippen LogP contribution in [0, 0.1) is 17.8 Å². The van der Waals surface area contributed by atoms with E-state index in [1.54, 1.807) is 6.20 Å². The molecule has 0 spiro atoms. The topological polar surface area (TPSA) is 193 Å². The molecule has 0 radical (unpaired) electrons. The molecule has 3 fully saturated rings. The molecule has 4 amide bonds. The van der Waals surface area contributed by atoms with Gasteiger partial charge in [0.05, 0.1) is 17.9 Å². The van der Waals surface area contributed by atoms with Crippen LogP contribution in [0.3, 0.4) is 0 Å². The minimum atomic E-state index is -3.90. The first-order valence-electron chi connectivity index (χ1n) is 17.7. The van der Waals surface area contributed by atoms with Crippen molar-refractivity contribution in [2.45, 2.75) is 108 Å². The molecule has 2 aliphatic carbocycles. The first-order chi connectivity index (χ1) is 24.2. The van der Waals surface area contributed by atoms with Crippen molar-refractivity contribution in [2.75, 3.05) is 6.54 Å². The number of hydrogen-bond donors (Lipinski definition) is 4. The molecule has 15 heteroatoms. The number of pyridine rings is 1. The molecule has 0 unspecified atom stereocenters. The van der Waals surface area contributed by atoms with Gasteiger partial charge >= 0.3 is 6.09 Å². The lowest BCUT2D eigenvalue weighted by Crippen LogP contribution is -2.59. The average molecular weight is 726 g/mol. The van der Waals surface area contributed by atoms with Crippen LogP contribution in [-0.4, -0.2) is 88.8 Å². The van der Waals surface area contributed by atoms with Gasteiger partial charge in [-0.05, 0) is 93.9 Å². The zero-order valence-corrected chi connectivity index (χ0v) is 30.1. The number of hydrogen-bond acceptors (Lipinski definition) is 9. The van der Waals surface area contributed by atoms with Crippen LogP contribution in [0.15, 0.2) is 42.6 Å². The van der Waals surface area contributed by atoms with Crippen molar-refractivity contribution >= 4 is 44.6 Å². The summed E-state index contributed by atoms with van der Waals surface area (Å²) in [5.74, 6) is -1.79. The second kappa shape index (κ2) is 14.3. The number of carbonyl (C=O) groups excluding carboxylic acids is 3. The van der Waals surface area contributed by atoms with E-state index in [1.807, 2.05) is 64.1 Å². The minimum Gasteiger partial charge on any atom is -0.491 e. The van der Waals surface area contributed by atoms with E-state index in [-0.39, 0.29) is 31.4 Å². The molecule has 4 aliphatic rings. The molecular weight excluding hydrogens is 678 g/mol. The highest BCUT2D eigenvalue weighted by Crippen LogP contribution is 2.46. The molecule has 1 saturated heterocycles. The summed E-state index contributed by atoms with van der Waals surface area (Å²) < 4.78 is 40.0. The van der Waals surface area contributed by atoms with E-state index < -0.39 is 74.7 Å². The molecular formula is C36H47N5O9S. The fraction of sp³-hybridized carbons (Fsp3) is 0.583. The maximum absolute atomic E-state index is 14.3. The first kappa shape index (κ1) is 36.4. The lowest BCUT2D eigenvalue weighted by Gasteiger charge is -2.32. The quantitative estimate of drug-likeness (QED) is 0.293. The number of nitrogens with zero attached hydrogens (tertiary/aromatic N) is 2. The summed E-state index contributed by atoms with van der Waals surface area (Å²) in [6, 6.07) is 5.04. The Kier molecular flexibility index (Phi) is 10.2. The lowest BCUT2D eigenvalue weighted by atomic mass is 9.88. The van der Waals surface area contributed by atoms with E-state index in [4.69, 9.17) is 9.47 Å². The Balaban J connectivity index is 1.32. The van der Waals surface area contributed by atoms with Gasteiger partial charge in [-0.1, -0.05) is 26.0 Å². The Morgan fingerprint density at radius 3 is 2.59 bits per heavy atom. The van der Waals surface area contributed by atoms with Gasteiger partial charge in [-0.2, -0.15) is 0 Å². The summed E-state index contributed by atoms with van der Waals surface area (Å²) in [6.07, 6.45) is 6.36. The van der Waals surface area contributed by atoms with Crippen molar-refractivity contribution in [3.8, 4) is 11.6 Å². The number of nitrogens with one attached hydrogen (secondary N) is 3. The Labute approximate surface area is 297 Å². The van der Waals surface area contributed by atoms with Crippen molar-refractivity contribution in [2.24, 2.45) is 17.8 Å². The smallest absolute Gasteiger partial charge is 0.405 e. The van der Waals surface area contributed by atoms with Crippen LogP contribution >= 0.6 is 0 Å². The van der Waals surface area contributed by atoms with E-state index in [1.165, 1.54) is 4.90 Å². The van der Waals surface area contributed by atoms with E-state index in [0.717, 1.165) is 11.8 Å². The summed E-state index contributed by atoms with van der Waals surface area (Å²) in [5, 5.41) is 15.9. The van der Waals surface area contributed by atoms with Crippen molar-refractivity contribution in [3.05, 3.63) is 42.6 Å². The highest BCUT2D eigenvalue weighted by Gasteiger charge is 2.62. The molecule has 2 aliphatic heterocycles. The normalized spacial score (nSPS) is 30.6. The number of allylic oxidation sites excluding steroid dienone is 1. The third-order valence-corrected chi connectivity index (χ3v) is 12.1. The third kappa shape index (κ3) is 8.08. The Hall–Kier alpha value is -4.40. The Morgan fingerprint density at radius 2 is 1.88 bits per heavy atom. The fourth-order valence-electron chi connectivity index (χ4n) is 7.36. The van der Waals surface area contributed by atoms with E-state index in [2.05, 4.69) is 20.3 Å². The molecule has 7 atom stereocenters. The summed E-state index contributed by atoms with van der Waals surface area (Å²) in [7, 11) is -3.90. The molecule has 3 heterocycles. The molecule has 276 valence electrons. The molecule has 4 N–H and O–H groups in total. The summed E-state index contributed by atoms with van der Waals surface area (Å²) in [5.41, 5.74) is -1.52. The number of carbonyl (C=O) groups is 4. The standard InChI is InChI=1S/C36H47N5O9S/c1-20(2)49-25-9-12-28-23(16-25)13-14-37-32(28)50-26-17-29-31(42)39-36(34(44)40-51(47,48)27-10-11-27)18-24(36)8-6-5-7-21(3)15-22(4)30(38-35(45)46)33(43)41(29)19-26/h6,8-9,12-14,16,20-22,24,26-27,29-30,38H,5,7,10-11,15,17-19H2,1-4H3,(H,39,42)(H,40,44)(H,45,46)/b8-6-/t21-,22+,24+,26+,29-,30-,36+/m0/s1. The number of benzene rings is 1. The maximum atomic E-state index is 14.3. The number of rotatable bonds is 8. The molecule has 2 saturated carbocycles. The van der Waals surface area contributed by atoms with Crippen molar-refractivity contribution in [1.82, 2.24) is 25.2 Å². The summed E-state index contributed by atoms with van der Waals surface area (Å²) >= 11 is 0. The fourth-order valence-corrected chi connectivity index (χ4v) is 8.72. The van der Waals surface area contributed by atoms with Crippen LogP contribution < -0.4 is 24.8 Å². The number of ether oxygens (including phenoxy) is 2. The SMILES string of the molecule is CC(C)Oc1ccc2c(O[C@@H]3C[C@H]4C(=O)N[C@]5(C(=O)NS(=O)(=O)C6CC6)C[C@H]5/C=C\CC[C@H](C)C[C@@H](C)[C@H](NC(=O)O)C(=O)N4C3)nccc2c1. The average Bonchev–Trinajstić information content (AvgIpc) is 3.98. The number of aromatic nitrogens is 1. The Bertz CT molecular complexity index is 1830. The molecule has 0 bridgehead atoms. The predicted molar refractivity (Wildman–Crippen MR) is 187 cm³/mol. The van der Waals surface area contributed by atoms with Crippen LogP contribution in [0.5, 0.6) is 11.6 Å². The molecule has 1 aromatic carbocycles. The van der Waals surface area contributed by atoms with Crippen LogP contribution in [0.2, 0.25) is 0 Å². The lowest BCUT2D eigenvalue weighted by molar-refractivity contribution is -0.142. The number of fused-ring (bicyclic) bond motifs is 3. The largest absolute Gasteiger partial charge is 0.491 e. The van der Waals surface area contributed by atoms with Crippen LogP contribution in [0.4, 0.5) is 4.79 Å². The monoisotopic (exact) mass is 725 g/mol. The second-order valence-corrected chi connectivity index (χ2v) is 16.8. The van der Waals surface area contributed by atoms with Gasteiger partial charge < -0.3 is 30.1 Å². The third-order valence-electron chi connectivity index (χ3n) is 10.2. The number of amides is 4. The van der Waals surface area contributed by atoms with Gasteiger partial charge in [0, 0.05) is 23.9 Å². The number of sulfonamides is 1. The highest BCUT2D eigenvalue weighted by atomic mass is 32.2. The minimum absolute atomic E-state index is 0.0203. The van der Waals surface area contributed by atoms with Crippen LogP contribution in [0.1, 0.15) is 72.6 Å². The van der Waals surface area contributed by atoms with Gasteiger partial charge in [-0.25, -0.2) is 18.2 Å². The van der Waals surface area contributed by atoms with Crippen molar-refractivity contribution in [1.29, 1.82) is 0 Å². The summed E-state index contributed by atoms with van der Waals surface area (Å²) in [6.45, 7) is 7.66.